The summed E-state index contributed by atoms with van der Waals surface area (Å²) in [5.41, 5.74) is 2.76. The molecular weight excluding hydrogens is 156 g/mol. The van der Waals surface area contributed by atoms with Crippen molar-refractivity contribution in [2.24, 2.45) is 0 Å². The van der Waals surface area contributed by atoms with Crippen LogP contribution >= 0.6 is 11.6 Å². The van der Waals surface area contributed by atoms with Gasteiger partial charge in [0.05, 0.1) is 0 Å². The van der Waals surface area contributed by atoms with Crippen molar-refractivity contribution in [1.82, 2.24) is 0 Å². The Morgan fingerprint density at radius 2 is 2.09 bits per heavy atom. The lowest BCUT2D eigenvalue weighted by Gasteiger charge is -1.92. The van der Waals surface area contributed by atoms with Gasteiger partial charge in [-0.05, 0) is 30.5 Å². The molecule has 1 saturated carbocycles. The number of hydrogen-bond acceptors (Lipinski definition) is 0. The molecular formula is C10H9Cl. The van der Waals surface area contributed by atoms with E-state index in [-0.39, 0.29) is 0 Å². The molecule has 0 radical (unpaired) electrons. The van der Waals surface area contributed by atoms with Gasteiger partial charge in [0.15, 0.2) is 0 Å². The number of allylic oxidation sites excluding steroid dienone is 1. The van der Waals surface area contributed by atoms with Gasteiger partial charge in [-0.25, -0.2) is 0 Å². The molecule has 1 aliphatic rings. The molecule has 1 aromatic rings. The summed E-state index contributed by atoms with van der Waals surface area (Å²) in [6.45, 7) is 0. The van der Waals surface area contributed by atoms with Crippen LogP contribution in [0, 0.1) is 0 Å². The van der Waals surface area contributed by atoms with Gasteiger partial charge in [0.1, 0.15) is 0 Å². The molecule has 0 atom stereocenters. The van der Waals surface area contributed by atoms with E-state index in [4.69, 9.17) is 11.6 Å². The smallest absolute Gasteiger partial charge is 0.0411 e. The highest BCUT2D eigenvalue weighted by molar-refractivity contribution is 6.30. The minimum Gasteiger partial charge on any atom is -0.0843 e. The molecule has 1 fully saturated rings. The van der Waals surface area contributed by atoms with Crippen LogP contribution in [-0.2, 0) is 0 Å². The predicted octanol–water partition coefficient (Wildman–Crippen LogP) is 3.52. The highest BCUT2D eigenvalue weighted by atomic mass is 35.5. The van der Waals surface area contributed by atoms with E-state index >= 15 is 0 Å². The van der Waals surface area contributed by atoms with Crippen LogP contribution in [0.15, 0.2) is 29.8 Å². The number of rotatable bonds is 1. The Bertz CT molecular complexity index is 293. The lowest BCUT2D eigenvalue weighted by molar-refractivity contribution is 1.50. The summed E-state index contributed by atoms with van der Waals surface area (Å²) in [5, 5.41) is 0.819. The molecule has 11 heavy (non-hydrogen) atoms. The van der Waals surface area contributed by atoms with Crippen LogP contribution in [0.3, 0.4) is 0 Å². The van der Waals surface area contributed by atoms with E-state index < -0.39 is 0 Å². The van der Waals surface area contributed by atoms with Gasteiger partial charge in [-0.3, -0.25) is 0 Å². The molecule has 0 saturated heterocycles. The summed E-state index contributed by atoms with van der Waals surface area (Å²) >= 11 is 5.82. The number of hydrogen-bond donors (Lipinski definition) is 0. The van der Waals surface area contributed by atoms with Crippen LogP contribution in [0.5, 0.6) is 0 Å². The molecule has 56 valence electrons. The molecule has 0 aromatic heterocycles. The zero-order valence-electron chi connectivity index (χ0n) is 6.18. The maximum Gasteiger partial charge on any atom is 0.0411 e. The molecule has 0 unspecified atom stereocenters. The summed E-state index contributed by atoms with van der Waals surface area (Å²) in [6, 6.07) is 7.96. The van der Waals surface area contributed by atoms with E-state index in [1.54, 1.807) is 0 Å². The number of halogens is 1. The maximum absolute atomic E-state index is 5.82. The Labute approximate surface area is 71.5 Å². The van der Waals surface area contributed by atoms with Crippen LogP contribution in [0.4, 0.5) is 0 Å². The molecule has 0 aliphatic heterocycles. The lowest BCUT2D eigenvalue weighted by atomic mass is 10.2. The Kier molecular flexibility index (Phi) is 1.71. The first-order valence-corrected chi connectivity index (χ1v) is 4.17. The minimum atomic E-state index is 0.819. The molecule has 0 nitrogen and oxygen atoms in total. The van der Waals surface area contributed by atoms with Crippen LogP contribution in [0.2, 0.25) is 5.02 Å². The van der Waals surface area contributed by atoms with Crippen molar-refractivity contribution in [2.75, 3.05) is 0 Å². The second-order valence-electron chi connectivity index (χ2n) is 2.86. The molecule has 0 heterocycles. The molecule has 1 heteroatoms. The largest absolute Gasteiger partial charge is 0.0843 e. The van der Waals surface area contributed by atoms with Crippen LogP contribution in [0.1, 0.15) is 18.4 Å². The number of benzene rings is 1. The van der Waals surface area contributed by atoms with Crippen molar-refractivity contribution in [3.63, 3.8) is 0 Å². The topological polar surface area (TPSA) is 0 Å². The summed E-state index contributed by atoms with van der Waals surface area (Å²) in [6.07, 6.45) is 4.75. The Hall–Kier alpha value is -0.750. The first kappa shape index (κ1) is 6.93. The molecule has 0 N–H and O–H groups in total. The van der Waals surface area contributed by atoms with E-state index in [0.717, 1.165) is 5.02 Å². The van der Waals surface area contributed by atoms with Crippen molar-refractivity contribution in [2.45, 2.75) is 12.8 Å². The van der Waals surface area contributed by atoms with Crippen LogP contribution in [0.25, 0.3) is 6.08 Å². The third kappa shape index (κ3) is 1.84. The molecule has 2 rings (SSSR count). The fourth-order valence-corrected chi connectivity index (χ4v) is 1.25. The first-order valence-electron chi connectivity index (χ1n) is 3.79. The molecule has 0 spiro atoms. The fourth-order valence-electron chi connectivity index (χ4n) is 1.05. The van der Waals surface area contributed by atoms with Gasteiger partial charge >= 0.3 is 0 Å². The zero-order chi connectivity index (χ0) is 7.68. The molecule has 0 amide bonds. The standard InChI is InChI=1S/C10H9Cl/c11-10-3-1-2-9(7-10)6-8-4-5-8/h1-3,6-7H,4-5H2. The van der Waals surface area contributed by atoms with Crippen LogP contribution in [-0.4, -0.2) is 0 Å². The van der Waals surface area contributed by atoms with Crippen molar-refractivity contribution in [3.05, 3.63) is 40.4 Å². The van der Waals surface area contributed by atoms with Gasteiger partial charge in [0.2, 0.25) is 0 Å². The Morgan fingerprint density at radius 1 is 1.27 bits per heavy atom. The highest BCUT2D eigenvalue weighted by Gasteiger charge is 2.09. The van der Waals surface area contributed by atoms with Gasteiger partial charge in [0, 0.05) is 5.02 Å². The van der Waals surface area contributed by atoms with E-state index in [2.05, 4.69) is 12.1 Å². The highest BCUT2D eigenvalue weighted by Crippen LogP contribution is 2.30. The summed E-state index contributed by atoms with van der Waals surface area (Å²) in [7, 11) is 0. The predicted molar refractivity (Wildman–Crippen MR) is 48.7 cm³/mol. The minimum absolute atomic E-state index is 0.819. The second-order valence-corrected chi connectivity index (χ2v) is 3.29. The van der Waals surface area contributed by atoms with Gasteiger partial charge < -0.3 is 0 Å². The summed E-state index contributed by atoms with van der Waals surface area (Å²) in [5.74, 6) is 0. The van der Waals surface area contributed by atoms with Gasteiger partial charge in [-0.2, -0.15) is 0 Å². The SMILES string of the molecule is Clc1cccc(C=C2CC2)c1. The monoisotopic (exact) mass is 164 g/mol. The third-order valence-corrected chi connectivity index (χ3v) is 1.99. The lowest BCUT2D eigenvalue weighted by Crippen LogP contribution is -1.69. The molecule has 0 bridgehead atoms. The van der Waals surface area contributed by atoms with Crippen molar-refractivity contribution >= 4 is 17.7 Å². The van der Waals surface area contributed by atoms with Crippen molar-refractivity contribution < 1.29 is 0 Å². The average Bonchev–Trinajstić information content (AvgIpc) is 2.71. The van der Waals surface area contributed by atoms with E-state index in [1.807, 2.05) is 18.2 Å². The van der Waals surface area contributed by atoms with Crippen molar-refractivity contribution in [1.29, 1.82) is 0 Å². The van der Waals surface area contributed by atoms with Gasteiger partial charge in [-0.15, -0.1) is 0 Å². The first-order chi connectivity index (χ1) is 5.34. The average molecular weight is 165 g/mol. The van der Waals surface area contributed by atoms with Gasteiger partial charge in [0.25, 0.3) is 0 Å². The Balaban J connectivity index is 2.30. The van der Waals surface area contributed by atoms with E-state index in [0.29, 0.717) is 0 Å². The van der Waals surface area contributed by atoms with E-state index in [9.17, 15) is 0 Å². The maximum atomic E-state index is 5.82. The summed E-state index contributed by atoms with van der Waals surface area (Å²) in [4.78, 5) is 0. The zero-order valence-corrected chi connectivity index (χ0v) is 6.93. The fraction of sp³-hybridized carbons (Fsp3) is 0.200. The third-order valence-electron chi connectivity index (χ3n) is 1.76. The quantitative estimate of drug-likeness (QED) is 0.596. The van der Waals surface area contributed by atoms with Gasteiger partial charge in [-0.1, -0.05) is 35.4 Å². The second kappa shape index (κ2) is 2.71. The van der Waals surface area contributed by atoms with Crippen LogP contribution < -0.4 is 0 Å². The summed E-state index contributed by atoms with van der Waals surface area (Å²) < 4.78 is 0. The normalized spacial score (nSPS) is 14.8. The van der Waals surface area contributed by atoms with E-state index in [1.165, 1.54) is 24.0 Å². The van der Waals surface area contributed by atoms with Crippen molar-refractivity contribution in [3.8, 4) is 0 Å². The molecule has 1 aromatic carbocycles. The Morgan fingerprint density at radius 3 is 2.73 bits per heavy atom. The molecule has 1 aliphatic carbocycles.